The van der Waals surface area contributed by atoms with Gasteiger partial charge in [0.15, 0.2) is 0 Å². The Kier molecular flexibility index (Phi) is 24.1. The van der Waals surface area contributed by atoms with Crippen molar-refractivity contribution < 1.29 is 30.6 Å². The Morgan fingerprint density at radius 2 is 0.650 bits per heavy atom. The molecule has 0 unspecified atom stereocenters. The summed E-state index contributed by atoms with van der Waals surface area (Å²) < 4.78 is 0. The zero-order valence-electron chi connectivity index (χ0n) is 55.4. The minimum absolute atomic E-state index is 0.0162. The van der Waals surface area contributed by atoms with Crippen LogP contribution in [0.1, 0.15) is 231 Å². The van der Waals surface area contributed by atoms with Crippen LogP contribution in [0.3, 0.4) is 0 Å². The van der Waals surface area contributed by atoms with E-state index in [1.807, 2.05) is 136 Å². The third-order valence-electron chi connectivity index (χ3n) is 14.0. The third kappa shape index (κ3) is 20.0. The first-order chi connectivity index (χ1) is 35.8. The van der Waals surface area contributed by atoms with Gasteiger partial charge >= 0.3 is 0 Å². The van der Waals surface area contributed by atoms with Gasteiger partial charge in [0.25, 0.3) is 5.56 Å². The molecule has 0 aliphatic heterocycles. The van der Waals surface area contributed by atoms with Gasteiger partial charge in [0, 0.05) is 40.3 Å². The smallest absolute Gasteiger partial charge is 0.254 e. The molecule has 0 atom stereocenters. The highest BCUT2D eigenvalue weighted by Crippen LogP contribution is 2.40. The predicted molar refractivity (Wildman–Crippen MR) is 336 cm³/mol. The number of H-pyrrole nitrogens is 1. The van der Waals surface area contributed by atoms with E-state index in [0.29, 0.717) is 17.3 Å². The lowest BCUT2D eigenvalue weighted by Crippen LogP contribution is -2.27. The number of rotatable bonds is 0. The quantitative estimate of drug-likeness (QED) is 0.0770. The summed E-state index contributed by atoms with van der Waals surface area (Å²) in [6.45, 7) is 63.5. The average Bonchev–Trinajstić information content (AvgIpc) is 3.22. The van der Waals surface area contributed by atoms with E-state index in [9.17, 15) is 35.4 Å². The maximum atomic E-state index is 11.6. The number of nitrogens with zero attached hydrogens (tertiary/aromatic N) is 3. The van der Waals surface area contributed by atoms with Gasteiger partial charge in [0.05, 0.1) is 0 Å². The van der Waals surface area contributed by atoms with Crippen molar-refractivity contribution in [2.45, 2.75) is 247 Å². The predicted octanol–water partition coefficient (Wildman–Crippen LogP) is 17.0. The van der Waals surface area contributed by atoms with Crippen LogP contribution in [0.5, 0.6) is 34.5 Å². The Morgan fingerprint density at radius 3 is 1.04 bits per heavy atom. The molecule has 11 heteroatoms. The lowest BCUT2D eigenvalue weighted by atomic mass is 9.80. The molecule has 80 heavy (non-hydrogen) atoms. The monoisotopic (exact) mass is 1100 g/mol. The molecule has 0 aliphatic carbocycles. The molecule has 4 aromatic carbocycles. The van der Waals surface area contributed by atoms with Gasteiger partial charge in [0.1, 0.15) is 46.1 Å². The summed E-state index contributed by atoms with van der Waals surface area (Å²) in [4.78, 5) is 27.4. The average molecular weight is 1100 g/mol. The van der Waals surface area contributed by atoms with Crippen molar-refractivity contribution >= 4 is 0 Å². The maximum absolute atomic E-state index is 11.6. The number of hydrogen-bond donors (Lipinski definition) is 7. The second-order valence-electron chi connectivity index (χ2n) is 27.9. The van der Waals surface area contributed by atoms with Crippen LogP contribution in [0, 0.1) is 90.0 Å². The first-order valence-corrected chi connectivity index (χ1v) is 27.9. The van der Waals surface area contributed by atoms with Crippen molar-refractivity contribution in [3.8, 4) is 34.5 Å². The summed E-state index contributed by atoms with van der Waals surface area (Å²) in [5, 5.41) is 57.4. The van der Waals surface area contributed by atoms with E-state index in [1.54, 1.807) is 6.92 Å². The molecule has 2 aromatic heterocycles. The number of hydrogen-bond acceptors (Lipinski definition) is 10. The fraction of sp³-hybridized carbons (Fsp3) is 0.536. The van der Waals surface area contributed by atoms with Crippen LogP contribution in [0.25, 0.3) is 0 Å². The summed E-state index contributed by atoms with van der Waals surface area (Å²) >= 11 is 0. The summed E-state index contributed by atoms with van der Waals surface area (Å²) in [5.41, 5.74) is 17.7. The fourth-order valence-electron chi connectivity index (χ4n) is 10.5. The molecule has 6 aromatic rings. The molecule has 0 amide bonds. The van der Waals surface area contributed by atoms with Crippen LogP contribution < -0.4 is 5.56 Å². The largest absolute Gasteiger partial charge is 0.508 e. The molecule has 7 N–H and O–H groups in total. The van der Waals surface area contributed by atoms with Gasteiger partial charge in [0.2, 0.25) is 0 Å². The zero-order valence-corrected chi connectivity index (χ0v) is 55.4. The maximum Gasteiger partial charge on any atom is 0.254 e. The Bertz CT molecular complexity index is 2990. The van der Waals surface area contributed by atoms with E-state index < -0.39 is 0 Å². The molecule has 0 saturated heterocycles. The summed E-state index contributed by atoms with van der Waals surface area (Å²) in [6.07, 6.45) is 0. The molecule has 0 fully saturated rings. The Labute approximate surface area is 483 Å². The van der Waals surface area contributed by atoms with E-state index in [1.165, 1.54) is 39.9 Å². The van der Waals surface area contributed by atoms with Crippen molar-refractivity contribution in [3.63, 3.8) is 0 Å². The lowest BCUT2D eigenvalue weighted by Gasteiger charge is -2.25. The van der Waals surface area contributed by atoms with Gasteiger partial charge in [-0.15, -0.1) is 0 Å². The van der Waals surface area contributed by atoms with Gasteiger partial charge in [-0.25, -0.2) is 15.0 Å². The number of phenols is 6. The topological polar surface area (TPSA) is 193 Å². The molecule has 2 heterocycles. The Hall–Kier alpha value is -6.36. The normalized spacial score (nSPS) is 11.8. The number of phenolic OH excluding ortho intramolecular Hbond substituents is 6. The molecular formula is C69H106N4O7. The molecule has 444 valence electrons. The minimum Gasteiger partial charge on any atom is -0.508 e. The van der Waals surface area contributed by atoms with Gasteiger partial charge < -0.3 is 35.6 Å². The van der Waals surface area contributed by atoms with Crippen molar-refractivity contribution in [1.82, 2.24) is 19.9 Å². The van der Waals surface area contributed by atoms with E-state index in [4.69, 9.17) is 0 Å². The molecule has 0 bridgehead atoms. The van der Waals surface area contributed by atoms with E-state index in [-0.39, 0.29) is 61.0 Å². The summed E-state index contributed by atoms with van der Waals surface area (Å²) in [7, 11) is 0. The van der Waals surface area contributed by atoms with Crippen LogP contribution in [0.4, 0.5) is 0 Å². The summed E-state index contributed by atoms with van der Waals surface area (Å²) in [6, 6.07) is 10.4. The van der Waals surface area contributed by atoms with Gasteiger partial charge in [-0.3, -0.25) is 4.79 Å². The first kappa shape index (κ1) is 71.7. The highest BCUT2D eigenvalue weighted by Gasteiger charge is 2.25. The molecule has 0 saturated carbocycles. The number of nitrogens with one attached hydrogen (secondary N) is 1. The molecular weight excluding hydrogens is 997 g/mol. The number of aromatic hydroxyl groups is 6. The van der Waals surface area contributed by atoms with Crippen molar-refractivity contribution in [2.75, 3.05) is 0 Å². The van der Waals surface area contributed by atoms with Crippen molar-refractivity contribution in [3.05, 3.63) is 153 Å². The minimum atomic E-state index is -0.141. The third-order valence-corrected chi connectivity index (χ3v) is 14.0. The lowest BCUT2D eigenvalue weighted by molar-refractivity contribution is 0.427. The molecule has 11 nitrogen and oxygen atoms in total. The highest BCUT2D eigenvalue weighted by molar-refractivity contribution is 5.54. The van der Waals surface area contributed by atoms with E-state index in [0.717, 1.165) is 73.0 Å². The molecule has 0 aliphatic rings. The van der Waals surface area contributed by atoms with E-state index in [2.05, 4.69) is 116 Å². The SMILES string of the molecule is Cc1c(O)cc(O)c(C(C)(C)C)c1C.Cc1cc(C(C)(C)C)c(C)cc1O.Cc1cc(C(C)(C)C)c(O)cc1O.Cc1cc(O)c(C)c(C)c1C(C)(C)C.Cc1nc(C)c(C(C)(C)C)c(=O)[nH]1.Cc1nc(C)c(C(C)(C)C)c(C)n1. The van der Waals surface area contributed by atoms with Crippen molar-refractivity contribution in [1.29, 1.82) is 0 Å². The van der Waals surface area contributed by atoms with E-state index >= 15 is 0 Å². The number of aromatic amines is 1. The van der Waals surface area contributed by atoms with Crippen LogP contribution in [-0.2, 0) is 32.5 Å². The second kappa shape index (κ2) is 26.9. The molecule has 6 rings (SSSR count). The number of benzene rings is 4. The first-order valence-electron chi connectivity index (χ1n) is 27.9. The number of aryl methyl sites for hydroxylation is 9. The fourth-order valence-corrected chi connectivity index (χ4v) is 10.5. The van der Waals surface area contributed by atoms with Gasteiger partial charge in [-0.1, -0.05) is 131 Å². The second-order valence-corrected chi connectivity index (χ2v) is 27.9. The Morgan fingerprint density at radius 1 is 0.312 bits per heavy atom. The number of aromatic nitrogens is 4. The summed E-state index contributed by atoms with van der Waals surface area (Å²) in [5.74, 6) is 2.99. The van der Waals surface area contributed by atoms with Crippen LogP contribution >= 0.6 is 0 Å². The molecule has 0 radical (unpaired) electrons. The standard InChI is InChI=1S/C13H20O.C12H18O2.C12H18O.C11H18N2.C11H16O2.C10H16N2O/c1-8-7-11(14)9(2)10(3)12(8)13(4,5)6;1-7-8(2)11(12(3,4)5)10(14)6-9(7)13;1-8-7-11(13)9(2)6-10(8)12(3,4)5;1-7-10(11(4,5)6)8(2)13-9(3)12-7;1-7-5-8(11(2,3)4)10(13)6-9(7)12;1-6-8(10(3,4)5)9(13)12-7(2)11-6/h7,14H,1-6H3;6,13-14H,1-5H3;6-7,13H,1-5H3;1-6H3;5-6,12-13H,1-4H3;1-5H3,(H,11,12,13). The van der Waals surface area contributed by atoms with Gasteiger partial charge in [-0.2, -0.15) is 0 Å². The van der Waals surface area contributed by atoms with Crippen molar-refractivity contribution in [2.24, 2.45) is 0 Å². The van der Waals surface area contributed by atoms with Gasteiger partial charge in [-0.05, 0) is 207 Å². The Balaban J connectivity index is 0.000000480. The van der Waals surface area contributed by atoms with Crippen LogP contribution in [0.15, 0.2) is 41.2 Å². The van der Waals surface area contributed by atoms with Crippen LogP contribution in [-0.4, -0.2) is 50.6 Å². The highest BCUT2D eigenvalue weighted by atomic mass is 16.3. The zero-order chi connectivity index (χ0) is 63.1. The molecule has 0 spiro atoms. The van der Waals surface area contributed by atoms with Crippen LogP contribution in [0.2, 0.25) is 0 Å².